The van der Waals surface area contributed by atoms with E-state index < -0.39 is 5.97 Å². The normalized spacial score (nSPS) is 15.3. The van der Waals surface area contributed by atoms with Crippen LogP contribution < -0.4 is 4.74 Å². The van der Waals surface area contributed by atoms with E-state index in [1.165, 1.54) is 0 Å². The lowest BCUT2D eigenvalue weighted by Crippen LogP contribution is -2.07. The molecule has 0 fully saturated rings. The Balaban J connectivity index is 1.87. The molecule has 25 heavy (non-hydrogen) atoms. The third-order valence-corrected chi connectivity index (χ3v) is 4.18. The largest absolute Gasteiger partial charge is 0.496 e. The van der Waals surface area contributed by atoms with Gasteiger partial charge < -0.3 is 9.57 Å². The highest BCUT2D eigenvalue weighted by atomic mass is 16.7. The molecule has 4 nitrogen and oxygen atoms in total. The number of benzene rings is 3. The van der Waals surface area contributed by atoms with Gasteiger partial charge in [0.15, 0.2) is 0 Å². The van der Waals surface area contributed by atoms with Crippen LogP contribution in [0, 0.1) is 0 Å². The number of oxime groups is 1. The fraction of sp³-hybridized carbons (Fsp3) is 0.0476. The van der Waals surface area contributed by atoms with Crippen LogP contribution in [0.4, 0.5) is 0 Å². The molecular weight excluding hydrogens is 314 g/mol. The summed E-state index contributed by atoms with van der Waals surface area (Å²) in [5.41, 5.74) is 2.62. The number of fused-ring (bicyclic) bond motifs is 1. The molecule has 0 saturated carbocycles. The highest BCUT2D eigenvalue weighted by molar-refractivity contribution is 6.33. The van der Waals surface area contributed by atoms with Crippen LogP contribution >= 0.6 is 0 Å². The van der Waals surface area contributed by atoms with Crippen LogP contribution in [0.15, 0.2) is 77.5 Å². The van der Waals surface area contributed by atoms with E-state index >= 15 is 0 Å². The Morgan fingerprint density at radius 2 is 1.72 bits per heavy atom. The fourth-order valence-electron chi connectivity index (χ4n) is 2.98. The molecule has 0 amide bonds. The number of rotatable bonds is 3. The van der Waals surface area contributed by atoms with Gasteiger partial charge in [-0.2, -0.15) is 0 Å². The number of hydrogen-bond acceptors (Lipinski definition) is 4. The van der Waals surface area contributed by atoms with Gasteiger partial charge in [-0.25, -0.2) is 4.79 Å². The molecule has 0 saturated heterocycles. The number of carbonyl (C=O) groups excluding carboxylic acids is 1. The van der Waals surface area contributed by atoms with Gasteiger partial charge in [-0.3, -0.25) is 0 Å². The zero-order valence-corrected chi connectivity index (χ0v) is 13.6. The van der Waals surface area contributed by atoms with Gasteiger partial charge in [0, 0.05) is 11.1 Å². The molecule has 3 aromatic carbocycles. The molecule has 0 radical (unpaired) electrons. The first kappa shape index (κ1) is 15.1. The van der Waals surface area contributed by atoms with Crippen LogP contribution in [0.5, 0.6) is 5.75 Å². The Hall–Kier alpha value is -3.40. The third kappa shape index (κ3) is 2.68. The number of nitrogens with zero attached hydrogens (tertiary/aromatic N) is 1. The zero-order valence-electron chi connectivity index (χ0n) is 13.6. The fourth-order valence-corrected chi connectivity index (χ4v) is 2.98. The molecule has 0 aromatic heterocycles. The van der Waals surface area contributed by atoms with Crippen molar-refractivity contribution in [3.05, 3.63) is 83.4 Å². The summed E-state index contributed by atoms with van der Waals surface area (Å²) >= 11 is 0. The molecule has 1 aliphatic heterocycles. The second kappa shape index (κ2) is 6.24. The molecule has 4 rings (SSSR count). The lowest BCUT2D eigenvalue weighted by atomic mass is 9.95. The molecule has 0 atom stereocenters. The predicted molar refractivity (Wildman–Crippen MR) is 97.5 cm³/mol. The SMILES string of the molecule is COc1ccccc1C=C1C(=O)ON=C1c1cccc2ccccc12. The van der Waals surface area contributed by atoms with Gasteiger partial charge in [-0.1, -0.05) is 65.8 Å². The van der Waals surface area contributed by atoms with Crippen LogP contribution in [-0.4, -0.2) is 18.8 Å². The van der Waals surface area contributed by atoms with Crippen molar-refractivity contribution in [1.29, 1.82) is 0 Å². The minimum atomic E-state index is -0.464. The first-order chi connectivity index (χ1) is 12.3. The number of methoxy groups -OCH3 is 1. The molecule has 0 aliphatic carbocycles. The Morgan fingerprint density at radius 1 is 0.960 bits per heavy atom. The summed E-state index contributed by atoms with van der Waals surface area (Å²) in [5.74, 6) is 0.223. The van der Waals surface area contributed by atoms with E-state index in [-0.39, 0.29) is 0 Å². The molecule has 0 spiro atoms. The van der Waals surface area contributed by atoms with Crippen molar-refractivity contribution in [2.75, 3.05) is 7.11 Å². The van der Waals surface area contributed by atoms with Crippen LogP contribution in [0.3, 0.4) is 0 Å². The van der Waals surface area contributed by atoms with Crippen molar-refractivity contribution < 1.29 is 14.4 Å². The molecule has 4 heteroatoms. The molecule has 0 N–H and O–H groups in total. The van der Waals surface area contributed by atoms with E-state index in [4.69, 9.17) is 9.57 Å². The van der Waals surface area contributed by atoms with Gasteiger partial charge in [0.2, 0.25) is 0 Å². The summed E-state index contributed by atoms with van der Waals surface area (Å²) in [6.07, 6.45) is 1.76. The number of hydrogen-bond donors (Lipinski definition) is 0. The number of carbonyl (C=O) groups is 1. The average Bonchev–Trinajstić information content (AvgIpc) is 3.02. The van der Waals surface area contributed by atoms with E-state index in [0.717, 1.165) is 21.9 Å². The molecule has 1 heterocycles. The minimum absolute atomic E-state index is 0.417. The summed E-state index contributed by atoms with van der Waals surface area (Å²) in [6, 6.07) is 21.4. The van der Waals surface area contributed by atoms with E-state index in [1.54, 1.807) is 13.2 Å². The van der Waals surface area contributed by atoms with Crippen LogP contribution in [0.2, 0.25) is 0 Å². The first-order valence-electron chi connectivity index (χ1n) is 7.90. The topological polar surface area (TPSA) is 47.9 Å². The van der Waals surface area contributed by atoms with Crippen molar-refractivity contribution in [3.63, 3.8) is 0 Å². The van der Waals surface area contributed by atoms with Crippen molar-refractivity contribution in [2.45, 2.75) is 0 Å². The molecular formula is C21H15NO3. The van der Waals surface area contributed by atoms with Crippen LogP contribution in [0.25, 0.3) is 16.8 Å². The van der Waals surface area contributed by atoms with Gasteiger partial charge in [0.1, 0.15) is 11.5 Å². The second-order valence-electron chi connectivity index (χ2n) is 5.65. The second-order valence-corrected chi connectivity index (χ2v) is 5.65. The maximum Gasteiger partial charge on any atom is 0.368 e. The zero-order chi connectivity index (χ0) is 17.2. The van der Waals surface area contributed by atoms with Gasteiger partial charge in [0.25, 0.3) is 0 Å². The van der Waals surface area contributed by atoms with E-state index in [9.17, 15) is 4.79 Å². The summed E-state index contributed by atoms with van der Waals surface area (Å²) in [6.45, 7) is 0. The predicted octanol–water partition coefficient (Wildman–Crippen LogP) is 4.19. The summed E-state index contributed by atoms with van der Waals surface area (Å²) < 4.78 is 5.37. The smallest absolute Gasteiger partial charge is 0.368 e. The quantitative estimate of drug-likeness (QED) is 0.535. The van der Waals surface area contributed by atoms with Crippen LogP contribution in [0.1, 0.15) is 11.1 Å². The number of ether oxygens (including phenoxy) is 1. The van der Waals surface area contributed by atoms with E-state index in [0.29, 0.717) is 17.0 Å². The average molecular weight is 329 g/mol. The lowest BCUT2D eigenvalue weighted by Gasteiger charge is -2.07. The van der Waals surface area contributed by atoms with Crippen molar-refractivity contribution >= 4 is 28.5 Å². The van der Waals surface area contributed by atoms with Crippen molar-refractivity contribution in [1.82, 2.24) is 0 Å². The Labute approximate surface area is 145 Å². The Bertz CT molecular complexity index is 1030. The van der Waals surface area contributed by atoms with Gasteiger partial charge >= 0.3 is 5.97 Å². The van der Waals surface area contributed by atoms with Gasteiger partial charge in [0.05, 0.1) is 12.7 Å². The number of para-hydroxylation sites is 1. The minimum Gasteiger partial charge on any atom is -0.496 e. The van der Waals surface area contributed by atoms with E-state index in [1.807, 2.05) is 66.7 Å². The van der Waals surface area contributed by atoms with Crippen LogP contribution in [-0.2, 0) is 9.63 Å². The monoisotopic (exact) mass is 329 g/mol. The summed E-state index contributed by atoms with van der Waals surface area (Å²) in [7, 11) is 1.60. The summed E-state index contributed by atoms with van der Waals surface area (Å²) in [5, 5.41) is 6.13. The Kier molecular flexibility index (Phi) is 3.78. The van der Waals surface area contributed by atoms with Gasteiger partial charge in [-0.15, -0.1) is 0 Å². The highest BCUT2D eigenvalue weighted by Crippen LogP contribution is 2.28. The van der Waals surface area contributed by atoms with Gasteiger partial charge in [-0.05, 0) is 22.9 Å². The maximum absolute atomic E-state index is 12.3. The lowest BCUT2D eigenvalue weighted by molar-refractivity contribution is -0.136. The Morgan fingerprint density at radius 3 is 2.60 bits per heavy atom. The first-order valence-corrected chi connectivity index (χ1v) is 7.90. The summed E-state index contributed by atoms with van der Waals surface area (Å²) in [4.78, 5) is 17.2. The standard InChI is InChI=1S/C21H15NO3/c1-24-19-12-5-3-8-15(19)13-18-20(22-25-21(18)23)17-11-6-9-14-7-2-4-10-16(14)17/h2-13H,1H3. The highest BCUT2D eigenvalue weighted by Gasteiger charge is 2.28. The van der Waals surface area contributed by atoms with Crippen molar-refractivity contribution in [2.24, 2.45) is 5.16 Å². The molecule has 122 valence electrons. The molecule has 0 bridgehead atoms. The van der Waals surface area contributed by atoms with Crippen molar-refractivity contribution in [3.8, 4) is 5.75 Å². The third-order valence-electron chi connectivity index (χ3n) is 4.18. The van der Waals surface area contributed by atoms with E-state index in [2.05, 4.69) is 5.16 Å². The maximum atomic E-state index is 12.3. The molecule has 3 aromatic rings. The molecule has 1 aliphatic rings. The molecule has 0 unspecified atom stereocenters.